The van der Waals surface area contributed by atoms with Gasteiger partial charge in [-0.05, 0) is 0 Å². The van der Waals surface area contributed by atoms with Gasteiger partial charge in [0, 0.05) is 6.42 Å². The van der Waals surface area contributed by atoms with Crippen LogP contribution in [-0.2, 0) is 9.59 Å². The van der Waals surface area contributed by atoms with E-state index in [1.807, 2.05) is 0 Å². The summed E-state index contributed by atoms with van der Waals surface area (Å²) < 4.78 is 24.5. The molecule has 1 aliphatic carbocycles. The minimum absolute atomic E-state index is 0.981. The summed E-state index contributed by atoms with van der Waals surface area (Å²) >= 11 is 0. The summed E-state index contributed by atoms with van der Waals surface area (Å²) in [6.45, 7) is 0. The van der Waals surface area contributed by atoms with Crippen LogP contribution in [0.2, 0.25) is 0 Å². The van der Waals surface area contributed by atoms with Gasteiger partial charge < -0.3 is 10.8 Å². The van der Waals surface area contributed by atoms with E-state index in [4.69, 9.17) is 5.11 Å². The minimum Gasteiger partial charge on any atom is -0.480 e. The lowest BCUT2D eigenvalue weighted by Gasteiger charge is -2.04. The maximum atomic E-state index is 12.3. The molecule has 0 radical (unpaired) electrons. The number of carboxylic acids is 1. The van der Waals surface area contributed by atoms with Crippen LogP contribution in [0.4, 0.5) is 8.78 Å². The molecule has 4 nitrogen and oxygen atoms in total. The summed E-state index contributed by atoms with van der Waals surface area (Å²) in [4.78, 5) is 20.5. The number of amides is 1. The van der Waals surface area contributed by atoms with Gasteiger partial charge in [-0.25, -0.2) is 8.78 Å². The van der Waals surface area contributed by atoms with Crippen LogP contribution in [0, 0.1) is 5.41 Å². The van der Waals surface area contributed by atoms with Gasteiger partial charge in [-0.2, -0.15) is 0 Å². The first-order valence-electron chi connectivity index (χ1n) is 2.76. The molecule has 0 spiro atoms. The smallest absolute Gasteiger partial charge is 0.325 e. The number of carbonyl (C=O) groups is 2. The minimum atomic E-state index is -3.47. The highest BCUT2D eigenvalue weighted by molar-refractivity contribution is 6.06. The predicted octanol–water partition coefficient (Wildman–Crippen LogP) is -0.418. The first-order valence-corrected chi connectivity index (χ1v) is 2.76. The lowest BCUT2D eigenvalue weighted by molar-refractivity contribution is -0.152. The van der Waals surface area contributed by atoms with Gasteiger partial charge in [-0.3, -0.25) is 9.59 Å². The molecule has 0 bridgehead atoms. The number of hydrogen-bond donors (Lipinski definition) is 2. The van der Waals surface area contributed by atoms with E-state index in [1.165, 1.54) is 0 Å². The second kappa shape index (κ2) is 1.69. The van der Waals surface area contributed by atoms with E-state index in [0.717, 1.165) is 0 Å². The van der Waals surface area contributed by atoms with Crippen LogP contribution < -0.4 is 5.73 Å². The van der Waals surface area contributed by atoms with Crippen molar-refractivity contribution in [3.8, 4) is 0 Å². The zero-order valence-electron chi connectivity index (χ0n) is 5.30. The zero-order chi connectivity index (χ0) is 8.86. The van der Waals surface area contributed by atoms with Crippen LogP contribution in [0.5, 0.6) is 0 Å². The zero-order valence-corrected chi connectivity index (χ0v) is 5.30. The topological polar surface area (TPSA) is 80.4 Å². The monoisotopic (exact) mass is 165 g/mol. The number of hydrogen-bond acceptors (Lipinski definition) is 2. The highest BCUT2D eigenvalue weighted by Gasteiger charge is 2.80. The summed E-state index contributed by atoms with van der Waals surface area (Å²) in [7, 11) is 0. The molecular weight excluding hydrogens is 160 g/mol. The van der Waals surface area contributed by atoms with Crippen molar-refractivity contribution in [3.63, 3.8) is 0 Å². The molecule has 1 amide bonds. The third kappa shape index (κ3) is 0.718. The largest absolute Gasteiger partial charge is 0.480 e. The van der Waals surface area contributed by atoms with E-state index >= 15 is 0 Å². The van der Waals surface area contributed by atoms with Gasteiger partial charge in [0.2, 0.25) is 11.3 Å². The Labute approximate surface area is 60.0 Å². The summed E-state index contributed by atoms with van der Waals surface area (Å²) in [5, 5.41) is 8.23. The molecule has 11 heavy (non-hydrogen) atoms. The van der Waals surface area contributed by atoms with E-state index < -0.39 is 29.6 Å². The number of aliphatic carboxylic acids is 1. The lowest BCUT2D eigenvalue weighted by atomic mass is 10.1. The standard InChI is InChI=1S/C5H5F2NO3/c6-5(7)1-4(5,2(8)9)3(10)11/h1H2,(H2,8,9)(H,10,11). The molecule has 0 aromatic rings. The average molecular weight is 165 g/mol. The fourth-order valence-electron chi connectivity index (χ4n) is 0.894. The highest BCUT2D eigenvalue weighted by atomic mass is 19.3. The first kappa shape index (κ1) is 7.90. The van der Waals surface area contributed by atoms with E-state index in [-0.39, 0.29) is 0 Å². The Bertz CT molecular complexity index is 224. The molecule has 0 saturated heterocycles. The van der Waals surface area contributed by atoms with Gasteiger partial charge in [-0.15, -0.1) is 0 Å². The molecular formula is C5H5F2NO3. The van der Waals surface area contributed by atoms with E-state index in [9.17, 15) is 18.4 Å². The number of carbonyl (C=O) groups excluding carboxylic acids is 1. The van der Waals surface area contributed by atoms with Crippen molar-refractivity contribution in [2.24, 2.45) is 11.1 Å². The van der Waals surface area contributed by atoms with E-state index in [1.54, 1.807) is 0 Å². The Morgan fingerprint density at radius 1 is 1.45 bits per heavy atom. The van der Waals surface area contributed by atoms with Crippen molar-refractivity contribution in [2.45, 2.75) is 12.3 Å². The van der Waals surface area contributed by atoms with Crippen LogP contribution in [0.1, 0.15) is 6.42 Å². The molecule has 3 N–H and O–H groups in total. The Hall–Kier alpha value is -1.20. The van der Waals surface area contributed by atoms with Crippen molar-refractivity contribution in [1.82, 2.24) is 0 Å². The SMILES string of the molecule is NC(=O)C1(C(=O)O)CC1(F)F. The van der Waals surface area contributed by atoms with E-state index in [2.05, 4.69) is 5.73 Å². The van der Waals surface area contributed by atoms with Gasteiger partial charge in [0.25, 0.3) is 5.92 Å². The number of primary amides is 1. The normalized spacial score (nSPS) is 32.9. The van der Waals surface area contributed by atoms with Crippen molar-refractivity contribution in [1.29, 1.82) is 0 Å². The first-order chi connectivity index (χ1) is 4.84. The Morgan fingerprint density at radius 3 is 1.82 bits per heavy atom. The summed E-state index contributed by atoms with van der Waals surface area (Å²) in [6.07, 6.45) is -0.981. The molecule has 1 atom stereocenters. The third-order valence-corrected chi connectivity index (χ3v) is 1.77. The fraction of sp³-hybridized carbons (Fsp3) is 0.600. The van der Waals surface area contributed by atoms with Crippen molar-refractivity contribution < 1.29 is 23.5 Å². The number of halogens is 2. The van der Waals surface area contributed by atoms with Crippen LogP contribution in [-0.4, -0.2) is 22.9 Å². The van der Waals surface area contributed by atoms with Gasteiger partial charge in [0.15, 0.2) is 0 Å². The van der Waals surface area contributed by atoms with Crippen LogP contribution in [0.15, 0.2) is 0 Å². The second-order valence-electron chi connectivity index (χ2n) is 2.46. The lowest BCUT2D eigenvalue weighted by Crippen LogP contribution is -2.36. The summed E-state index contributed by atoms with van der Waals surface area (Å²) in [5.41, 5.74) is 1.88. The third-order valence-electron chi connectivity index (χ3n) is 1.77. The summed E-state index contributed by atoms with van der Waals surface area (Å²) in [5.74, 6) is -6.80. The summed E-state index contributed by atoms with van der Waals surface area (Å²) in [6, 6.07) is 0. The van der Waals surface area contributed by atoms with Gasteiger partial charge >= 0.3 is 5.97 Å². The number of rotatable bonds is 2. The molecule has 0 aromatic heterocycles. The predicted molar refractivity (Wildman–Crippen MR) is 28.8 cm³/mol. The van der Waals surface area contributed by atoms with Gasteiger partial charge in [0.1, 0.15) is 0 Å². The van der Waals surface area contributed by atoms with Crippen molar-refractivity contribution in [3.05, 3.63) is 0 Å². The average Bonchev–Trinajstić information content (AvgIpc) is 2.35. The molecule has 0 aliphatic heterocycles. The molecule has 1 saturated carbocycles. The fourth-order valence-corrected chi connectivity index (χ4v) is 0.894. The molecule has 0 heterocycles. The number of nitrogens with two attached hydrogens (primary N) is 1. The molecule has 6 heteroatoms. The Morgan fingerprint density at radius 2 is 1.82 bits per heavy atom. The Balaban J connectivity index is 2.98. The maximum Gasteiger partial charge on any atom is 0.325 e. The number of alkyl halides is 2. The Kier molecular flexibility index (Phi) is 1.21. The second-order valence-corrected chi connectivity index (χ2v) is 2.46. The molecule has 62 valence electrons. The molecule has 1 rings (SSSR count). The van der Waals surface area contributed by atoms with Crippen molar-refractivity contribution >= 4 is 11.9 Å². The molecule has 1 unspecified atom stereocenters. The molecule has 1 fully saturated rings. The van der Waals surface area contributed by atoms with Crippen LogP contribution in [0.3, 0.4) is 0 Å². The van der Waals surface area contributed by atoms with E-state index in [0.29, 0.717) is 0 Å². The van der Waals surface area contributed by atoms with Crippen LogP contribution >= 0.6 is 0 Å². The quantitative estimate of drug-likeness (QED) is 0.545. The molecule has 1 aliphatic rings. The maximum absolute atomic E-state index is 12.3. The number of carboxylic acid groups (broad SMARTS) is 1. The van der Waals surface area contributed by atoms with Gasteiger partial charge in [0.05, 0.1) is 0 Å². The highest BCUT2D eigenvalue weighted by Crippen LogP contribution is 2.60. The van der Waals surface area contributed by atoms with Crippen LogP contribution in [0.25, 0.3) is 0 Å². The van der Waals surface area contributed by atoms with Gasteiger partial charge in [-0.1, -0.05) is 0 Å². The molecule has 0 aromatic carbocycles. The van der Waals surface area contributed by atoms with Crippen molar-refractivity contribution in [2.75, 3.05) is 0 Å².